The number of rotatable bonds is 4. The third-order valence-electron chi connectivity index (χ3n) is 2.72. The van der Waals surface area contributed by atoms with Crippen LogP contribution in [0.15, 0.2) is 52.3 Å². The lowest BCUT2D eigenvalue weighted by Gasteiger charge is -2.10. The number of alkyl halides is 2. The Morgan fingerprint density at radius 1 is 1.29 bits per heavy atom. The number of nitrogens with one attached hydrogen (secondary N) is 1. The number of hydrogen-bond acceptors (Lipinski definition) is 3. The first-order valence-corrected chi connectivity index (χ1v) is 6.87. The third kappa shape index (κ3) is 3.91. The standard InChI is InChI=1S/C14H12F2N2O2S/c1-18-7-6-9(8-12(18)19)13(20)17-10-4-2-3-5-11(10)21-14(15)16/h2-8,14H,1H3,(H,17,20). The SMILES string of the molecule is Cn1ccc(C(=O)Nc2ccccc2SC(F)F)cc1=O. The largest absolute Gasteiger partial charge is 0.321 e. The van der Waals surface area contributed by atoms with E-state index in [1.807, 2.05) is 0 Å². The highest BCUT2D eigenvalue weighted by atomic mass is 32.2. The first kappa shape index (κ1) is 15.2. The zero-order valence-corrected chi connectivity index (χ0v) is 11.9. The predicted octanol–water partition coefficient (Wildman–Crippen LogP) is 2.95. The number of amides is 1. The lowest BCUT2D eigenvalue weighted by molar-refractivity contribution is 0.102. The van der Waals surface area contributed by atoms with Gasteiger partial charge in [0.25, 0.3) is 17.2 Å². The zero-order chi connectivity index (χ0) is 15.4. The highest BCUT2D eigenvalue weighted by Gasteiger charge is 2.13. The molecule has 2 rings (SSSR count). The topological polar surface area (TPSA) is 51.1 Å². The first-order chi connectivity index (χ1) is 9.97. The Balaban J connectivity index is 2.23. The number of para-hydroxylation sites is 1. The van der Waals surface area contributed by atoms with E-state index in [2.05, 4.69) is 5.32 Å². The predicted molar refractivity (Wildman–Crippen MR) is 77.9 cm³/mol. The number of hydrogen-bond donors (Lipinski definition) is 1. The summed E-state index contributed by atoms with van der Waals surface area (Å²) >= 11 is 0.354. The van der Waals surface area contributed by atoms with Gasteiger partial charge in [0.1, 0.15) is 0 Å². The van der Waals surface area contributed by atoms with Crippen molar-refractivity contribution in [2.75, 3.05) is 5.32 Å². The molecule has 7 heteroatoms. The van der Waals surface area contributed by atoms with E-state index >= 15 is 0 Å². The second-order valence-electron chi connectivity index (χ2n) is 4.19. The Labute approximate surface area is 123 Å². The summed E-state index contributed by atoms with van der Waals surface area (Å²) in [7, 11) is 1.57. The van der Waals surface area contributed by atoms with E-state index < -0.39 is 11.7 Å². The number of pyridine rings is 1. The molecule has 0 saturated carbocycles. The molecule has 1 heterocycles. The maximum absolute atomic E-state index is 12.5. The molecule has 0 aliphatic rings. The number of thioether (sulfide) groups is 1. The zero-order valence-electron chi connectivity index (χ0n) is 11.0. The van der Waals surface area contributed by atoms with Crippen LogP contribution >= 0.6 is 11.8 Å². The second-order valence-corrected chi connectivity index (χ2v) is 5.23. The Bertz CT molecular complexity index is 716. The van der Waals surface area contributed by atoms with Crippen LogP contribution in [-0.4, -0.2) is 16.2 Å². The molecule has 2 aromatic rings. The molecule has 0 radical (unpaired) electrons. The van der Waals surface area contributed by atoms with Gasteiger partial charge in [-0.3, -0.25) is 9.59 Å². The Kier molecular flexibility index (Phi) is 4.74. The fraction of sp³-hybridized carbons (Fsp3) is 0.143. The minimum Gasteiger partial charge on any atom is -0.321 e. The molecule has 110 valence electrons. The minimum atomic E-state index is -2.58. The molecule has 0 bridgehead atoms. The van der Waals surface area contributed by atoms with Gasteiger partial charge in [0.2, 0.25) is 0 Å². The number of aromatic nitrogens is 1. The van der Waals surface area contributed by atoms with Gasteiger partial charge in [-0.15, -0.1) is 0 Å². The van der Waals surface area contributed by atoms with Crippen molar-refractivity contribution in [1.29, 1.82) is 0 Å². The quantitative estimate of drug-likeness (QED) is 0.883. The van der Waals surface area contributed by atoms with Crippen molar-refractivity contribution in [3.63, 3.8) is 0 Å². The van der Waals surface area contributed by atoms with Gasteiger partial charge in [0, 0.05) is 29.8 Å². The summed E-state index contributed by atoms with van der Waals surface area (Å²) in [4.78, 5) is 23.8. The van der Waals surface area contributed by atoms with Crippen molar-refractivity contribution < 1.29 is 13.6 Å². The van der Waals surface area contributed by atoms with Gasteiger partial charge in [-0.2, -0.15) is 8.78 Å². The van der Waals surface area contributed by atoms with Gasteiger partial charge in [-0.1, -0.05) is 23.9 Å². The maximum atomic E-state index is 12.5. The van der Waals surface area contributed by atoms with E-state index in [0.717, 1.165) is 0 Å². The molecular weight excluding hydrogens is 298 g/mol. The number of anilines is 1. The van der Waals surface area contributed by atoms with Crippen molar-refractivity contribution in [2.24, 2.45) is 7.05 Å². The molecule has 21 heavy (non-hydrogen) atoms. The molecule has 1 aromatic carbocycles. The molecule has 1 aromatic heterocycles. The average Bonchev–Trinajstić information content (AvgIpc) is 2.43. The summed E-state index contributed by atoms with van der Waals surface area (Å²) in [5.41, 5.74) is 0.140. The molecular formula is C14H12F2N2O2S. The molecule has 0 spiro atoms. The van der Waals surface area contributed by atoms with Gasteiger partial charge >= 0.3 is 0 Å². The number of carbonyl (C=O) groups excluding carboxylic acids is 1. The third-order valence-corrected chi connectivity index (χ3v) is 3.51. The van der Waals surface area contributed by atoms with Crippen LogP contribution in [0.1, 0.15) is 10.4 Å². The van der Waals surface area contributed by atoms with E-state index in [9.17, 15) is 18.4 Å². The van der Waals surface area contributed by atoms with Gasteiger partial charge in [0.05, 0.1) is 5.69 Å². The van der Waals surface area contributed by atoms with E-state index in [4.69, 9.17) is 0 Å². The Morgan fingerprint density at radius 2 is 2.00 bits per heavy atom. The summed E-state index contributed by atoms with van der Waals surface area (Å²) in [5, 5.41) is 2.54. The van der Waals surface area contributed by atoms with Crippen LogP contribution in [0.25, 0.3) is 0 Å². The number of carbonyl (C=O) groups is 1. The Hall–Kier alpha value is -2.15. The monoisotopic (exact) mass is 310 g/mol. The molecule has 0 aliphatic heterocycles. The fourth-order valence-corrected chi connectivity index (χ4v) is 2.25. The van der Waals surface area contributed by atoms with Crippen molar-refractivity contribution in [2.45, 2.75) is 10.7 Å². The van der Waals surface area contributed by atoms with Gasteiger partial charge in [-0.25, -0.2) is 0 Å². The van der Waals surface area contributed by atoms with Crippen LogP contribution in [0, 0.1) is 0 Å². The lowest BCUT2D eigenvalue weighted by Crippen LogP contribution is -2.20. The molecule has 0 atom stereocenters. The molecule has 0 saturated heterocycles. The first-order valence-electron chi connectivity index (χ1n) is 5.99. The van der Waals surface area contributed by atoms with Crippen molar-refractivity contribution in [1.82, 2.24) is 4.57 Å². The fourth-order valence-electron chi connectivity index (χ4n) is 1.65. The summed E-state index contributed by atoms with van der Waals surface area (Å²) in [6.45, 7) is 0. The van der Waals surface area contributed by atoms with Crippen molar-refractivity contribution in [3.8, 4) is 0 Å². The molecule has 0 aliphatic carbocycles. The normalized spacial score (nSPS) is 10.7. The number of benzene rings is 1. The second kappa shape index (κ2) is 6.53. The number of halogens is 2. The van der Waals surface area contributed by atoms with E-state index in [-0.39, 0.29) is 21.7 Å². The van der Waals surface area contributed by atoms with Crippen LogP contribution in [0.5, 0.6) is 0 Å². The summed E-state index contributed by atoms with van der Waals surface area (Å²) in [6, 6.07) is 8.95. The minimum absolute atomic E-state index is 0.176. The van der Waals surface area contributed by atoms with Gasteiger partial charge in [-0.05, 0) is 18.2 Å². The molecule has 0 unspecified atom stereocenters. The van der Waals surface area contributed by atoms with Crippen LogP contribution < -0.4 is 10.9 Å². The van der Waals surface area contributed by atoms with Gasteiger partial charge in [0.15, 0.2) is 0 Å². The Morgan fingerprint density at radius 3 is 2.67 bits per heavy atom. The molecule has 1 N–H and O–H groups in total. The van der Waals surface area contributed by atoms with Crippen LogP contribution in [0.4, 0.5) is 14.5 Å². The van der Waals surface area contributed by atoms with Crippen LogP contribution in [0.3, 0.4) is 0 Å². The summed E-state index contributed by atoms with van der Waals surface area (Å²) < 4.78 is 26.3. The summed E-state index contributed by atoms with van der Waals surface area (Å²) in [6.07, 6.45) is 1.47. The number of nitrogens with zero attached hydrogens (tertiary/aromatic N) is 1. The molecule has 0 fully saturated rings. The van der Waals surface area contributed by atoms with E-state index in [1.165, 1.54) is 35.0 Å². The lowest BCUT2D eigenvalue weighted by atomic mass is 10.2. The number of aryl methyl sites for hydroxylation is 1. The smallest absolute Gasteiger partial charge is 0.288 e. The van der Waals surface area contributed by atoms with E-state index in [1.54, 1.807) is 19.2 Å². The average molecular weight is 310 g/mol. The van der Waals surface area contributed by atoms with Crippen LogP contribution in [-0.2, 0) is 7.05 Å². The molecule has 4 nitrogen and oxygen atoms in total. The van der Waals surface area contributed by atoms with Crippen molar-refractivity contribution in [3.05, 3.63) is 58.5 Å². The van der Waals surface area contributed by atoms with Crippen molar-refractivity contribution >= 4 is 23.4 Å². The maximum Gasteiger partial charge on any atom is 0.288 e. The molecule has 1 amide bonds. The highest BCUT2D eigenvalue weighted by molar-refractivity contribution is 7.99. The van der Waals surface area contributed by atoms with Gasteiger partial charge < -0.3 is 9.88 Å². The van der Waals surface area contributed by atoms with E-state index in [0.29, 0.717) is 11.8 Å². The van der Waals surface area contributed by atoms with Crippen LogP contribution in [0.2, 0.25) is 0 Å². The summed E-state index contributed by atoms with van der Waals surface area (Å²) in [5.74, 6) is -3.10. The highest BCUT2D eigenvalue weighted by Crippen LogP contribution is 2.31.